The van der Waals surface area contributed by atoms with Gasteiger partial charge in [-0.3, -0.25) is 0 Å². The first-order valence-electron chi connectivity index (χ1n) is 3.74. The summed E-state index contributed by atoms with van der Waals surface area (Å²) in [6, 6.07) is 0. The smallest absolute Gasteiger partial charge is 0.0821 e. The number of hydrogen-bond donors (Lipinski definition) is 2. The molecular weight excluding hydrogens is 176 g/mol. The van der Waals surface area contributed by atoms with Crippen molar-refractivity contribution in [1.29, 1.82) is 0 Å². The van der Waals surface area contributed by atoms with E-state index in [1.165, 1.54) is 0 Å². The lowest BCUT2D eigenvalue weighted by molar-refractivity contribution is 0.946. The van der Waals surface area contributed by atoms with Crippen LogP contribution < -0.4 is 10.6 Å². The molecule has 0 aromatic rings. The van der Waals surface area contributed by atoms with E-state index in [-0.39, 0.29) is 0 Å². The van der Waals surface area contributed by atoms with E-state index in [1.54, 1.807) is 0 Å². The fourth-order valence-electron chi connectivity index (χ4n) is 0.665. The maximum absolute atomic E-state index is 5.00. The Hall–Kier alpha value is -0.220. The van der Waals surface area contributed by atoms with Gasteiger partial charge in [0.15, 0.2) is 0 Å². The van der Waals surface area contributed by atoms with E-state index in [0.717, 1.165) is 23.1 Å². The van der Waals surface area contributed by atoms with Crippen molar-refractivity contribution in [3.05, 3.63) is 0 Å². The highest BCUT2D eigenvalue weighted by Gasteiger charge is 1.97. The zero-order valence-corrected chi connectivity index (χ0v) is 8.57. The molecule has 0 aliphatic carbocycles. The maximum Gasteiger partial charge on any atom is 0.0821 e. The molecule has 0 rings (SSSR count). The lowest BCUT2D eigenvalue weighted by Crippen LogP contribution is -2.29. The van der Waals surface area contributed by atoms with Crippen LogP contribution in [0.5, 0.6) is 0 Å². The molecule has 0 aromatic heterocycles. The number of thiocarbonyl (C=S) groups is 2. The Morgan fingerprint density at radius 3 is 1.64 bits per heavy atom. The van der Waals surface area contributed by atoms with E-state index in [1.807, 2.05) is 13.8 Å². The summed E-state index contributed by atoms with van der Waals surface area (Å²) < 4.78 is 0. The molecule has 0 atom stereocenters. The zero-order valence-electron chi connectivity index (χ0n) is 6.94. The lowest BCUT2D eigenvalue weighted by atomic mass is 10.4. The molecule has 2 N–H and O–H groups in total. The quantitative estimate of drug-likeness (QED) is 0.652. The summed E-state index contributed by atoms with van der Waals surface area (Å²) in [6.07, 6.45) is 0.673. The summed E-state index contributed by atoms with van der Waals surface area (Å²) in [4.78, 5) is 1.64. The monoisotopic (exact) mass is 190 g/mol. The Kier molecular flexibility index (Phi) is 6.36. The molecule has 2 nitrogen and oxygen atoms in total. The number of nitrogens with one attached hydrogen (secondary N) is 2. The minimum Gasteiger partial charge on any atom is -0.380 e. The molecule has 0 saturated heterocycles. The maximum atomic E-state index is 5.00. The van der Waals surface area contributed by atoms with Crippen LogP contribution in [-0.4, -0.2) is 23.1 Å². The standard InChI is InChI=1S/C7H14N2S2/c1-3-8-6(10)5-7(11)9-4-2/h3-5H2,1-2H3,(H,8,10)(H,9,11). The summed E-state index contributed by atoms with van der Waals surface area (Å²) in [5, 5.41) is 6.08. The van der Waals surface area contributed by atoms with Crippen LogP contribution in [0.3, 0.4) is 0 Å². The van der Waals surface area contributed by atoms with E-state index < -0.39 is 0 Å². The van der Waals surface area contributed by atoms with Gasteiger partial charge in [-0.25, -0.2) is 0 Å². The highest BCUT2D eigenvalue weighted by molar-refractivity contribution is 7.82. The minimum atomic E-state index is 0.673. The third-order valence-corrected chi connectivity index (χ3v) is 1.65. The van der Waals surface area contributed by atoms with Crippen molar-refractivity contribution in [1.82, 2.24) is 10.6 Å². The number of rotatable bonds is 4. The summed E-state index contributed by atoms with van der Waals surface area (Å²) in [5.41, 5.74) is 0. The summed E-state index contributed by atoms with van der Waals surface area (Å²) in [6.45, 7) is 5.77. The van der Waals surface area contributed by atoms with Gasteiger partial charge in [0.1, 0.15) is 0 Å². The van der Waals surface area contributed by atoms with E-state index in [4.69, 9.17) is 24.4 Å². The van der Waals surface area contributed by atoms with Crippen LogP contribution in [-0.2, 0) is 0 Å². The second-order valence-corrected chi connectivity index (χ2v) is 3.07. The molecule has 0 aliphatic heterocycles. The Labute approximate surface area is 78.7 Å². The number of hydrogen-bond acceptors (Lipinski definition) is 2. The van der Waals surface area contributed by atoms with Crippen molar-refractivity contribution >= 4 is 34.4 Å². The van der Waals surface area contributed by atoms with Gasteiger partial charge in [-0.05, 0) is 13.8 Å². The third-order valence-electron chi connectivity index (χ3n) is 1.07. The molecule has 0 aromatic carbocycles. The Morgan fingerprint density at radius 2 is 1.36 bits per heavy atom. The van der Waals surface area contributed by atoms with Crippen molar-refractivity contribution in [2.45, 2.75) is 20.3 Å². The topological polar surface area (TPSA) is 24.1 Å². The first kappa shape index (κ1) is 10.8. The molecule has 0 unspecified atom stereocenters. The average molecular weight is 190 g/mol. The average Bonchev–Trinajstić information content (AvgIpc) is 1.87. The van der Waals surface area contributed by atoms with Gasteiger partial charge in [-0.15, -0.1) is 0 Å². The molecular formula is C7H14N2S2. The second-order valence-electron chi connectivity index (χ2n) is 2.08. The lowest BCUT2D eigenvalue weighted by Gasteiger charge is -2.06. The van der Waals surface area contributed by atoms with Crippen LogP contribution in [0.25, 0.3) is 0 Å². The molecule has 0 bridgehead atoms. The Bertz CT molecular complexity index is 129. The molecule has 0 spiro atoms. The van der Waals surface area contributed by atoms with Gasteiger partial charge in [0, 0.05) is 19.5 Å². The normalized spacial score (nSPS) is 8.91. The van der Waals surface area contributed by atoms with Crippen LogP contribution in [0, 0.1) is 0 Å². The van der Waals surface area contributed by atoms with Crippen LogP contribution in [0.4, 0.5) is 0 Å². The van der Waals surface area contributed by atoms with Crippen molar-refractivity contribution in [2.24, 2.45) is 0 Å². The predicted molar refractivity (Wildman–Crippen MR) is 57.2 cm³/mol. The molecule has 0 amide bonds. The molecule has 0 aliphatic rings. The first-order chi connectivity index (χ1) is 5.20. The Balaban J connectivity index is 3.49. The van der Waals surface area contributed by atoms with Gasteiger partial charge >= 0.3 is 0 Å². The van der Waals surface area contributed by atoms with Gasteiger partial charge in [-0.2, -0.15) is 0 Å². The van der Waals surface area contributed by atoms with Crippen molar-refractivity contribution < 1.29 is 0 Å². The Morgan fingerprint density at radius 1 is 1.00 bits per heavy atom. The third kappa shape index (κ3) is 6.19. The molecule has 0 fully saturated rings. The zero-order chi connectivity index (χ0) is 8.69. The summed E-state index contributed by atoms with van der Waals surface area (Å²) in [5.74, 6) is 0. The highest BCUT2D eigenvalue weighted by Crippen LogP contribution is 1.85. The fourth-order valence-corrected chi connectivity index (χ4v) is 1.33. The van der Waals surface area contributed by atoms with Gasteiger partial charge in [0.2, 0.25) is 0 Å². The van der Waals surface area contributed by atoms with E-state index >= 15 is 0 Å². The van der Waals surface area contributed by atoms with Crippen molar-refractivity contribution in [3.8, 4) is 0 Å². The fraction of sp³-hybridized carbons (Fsp3) is 0.714. The largest absolute Gasteiger partial charge is 0.380 e. The van der Waals surface area contributed by atoms with Crippen LogP contribution >= 0.6 is 24.4 Å². The summed E-state index contributed by atoms with van der Waals surface area (Å²) >= 11 is 10.0. The molecule has 64 valence electrons. The molecule has 11 heavy (non-hydrogen) atoms. The second kappa shape index (κ2) is 6.49. The molecule has 0 radical (unpaired) electrons. The SMILES string of the molecule is CCNC(=S)CC(=S)NCC. The molecule has 4 heteroatoms. The van der Waals surface area contributed by atoms with Gasteiger partial charge in [-0.1, -0.05) is 24.4 Å². The van der Waals surface area contributed by atoms with Gasteiger partial charge < -0.3 is 10.6 Å². The summed E-state index contributed by atoms with van der Waals surface area (Å²) in [7, 11) is 0. The van der Waals surface area contributed by atoms with E-state index in [2.05, 4.69) is 10.6 Å². The van der Waals surface area contributed by atoms with E-state index in [9.17, 15) is 0 Å². The van der Waals surface area contributed by atoms with Gasteiger partial charge in [0.25, 0.3) is 0 Å². The van der Waals surface area contributed by atoms with E-state index in [0.29, 0.717) is 6.42 Å². The molecule has 0 saturated carbocycles. The van der Waals surface area contributed by atoms with Crippen LogP contribution in [0.1, 0.15) is 20.3 Å². The minimum absolute atomic E-state index is 0.673. The van der Waals surface area contributed by atoms with Gasteiger partial charge in [0.05, 0.1) is 9.98 Å². The van der Waals surface area contributed by atoms with Crippen molar-refractivity contribution in [3.63, 3.8) is 0 Å². The molecule has 0 heterocycles. The van der Waals surface area contributed by atoms with Crippen LogP contribution in [0.2, 0.25) is 0 Å². The van der Waals surface area contributed by atoms with Crippen LogP contribution in [0.15, 0.2) is 0 Å². The van der Waals surface area contributed by atoms with Crippen molar-refractivity contribution in [2.75, 3.05) is 13.1 Å². The highest BCUT2D eigenvalue weighted by atomic mass is 32.1. The first-order valence-corrected chi connectivity index (χ1v) is 4.55. The predicted octanol–water partition coefficient (Wildman–Crippen LogP) is 1.25.